The van der Waals surface area contributed by atoms with Gasteiger partial charge >= 0.3 is 0 Å². The van der Waals surface area contributed by atoms with Crippen molar-refractivity contribution in [2.75, 3.05) is 13.7 Å². The van der Waals surface area contributed by atoms with Gasteiger partial charge in [-0.15, -0.1) is 0 Å². The van der Waals surface area contributed by atoms with E-state index in [0.717, 1.165) is 55.5 Å². The molecule has 0 bridgehead atoms. The summed E-state index contributed by atoms with van der Waals surface area (Å²) in [6.07, 6.45) is 7.00. The Bertz CT molecular complexity index is 434. The van der Waals surface area contributed by atoms with Gasteiger partial charge in [0.1, 0.15) is 6.10 Å². The van der Waals surface area contributed by atoms with Crippen molar-refractivity contribution in [1.29, 1.82) is 0 Å². The summed E-state index contributed by atoms with van der Waals surface area (Å²) in [7, 11) is 1.74. The molecule has 0 saturated heterocycles. The fraction of sp³-hybridized carbons (Fsp3) is 0.765. The van der Waals surface area contributed by atoms with Crippen molar-refractivity contribution in [2.45, 2.75) is 71.4 Å². The van der Waals surface area contributed by atoms with Crippen molar-refractivity contribution < 1.29 is 4.74 Å². The molecule has 1 aromatic heterocycles. The SMILES string of the molecule is CCCC(OC)c1nc(C)c(CCCNC2CC2)c(C)n1. The molecule has 1 aliphatic carbocycles. The van der Waals surface area contributed by atoms with Gasteiger partial charge in [-0.05, 0) is 58.1 Å². The normalized spacial score (nSPS) is 16.2. The molecule has 0 radical (unpaired) electrons. The summed E-state index contributed by atoms with van der Waals surface area (Å²) in [6, 6.07) is 0.794. The van der Waals surface area contributed by atoms with Crippen molar-refractivity contribution >= 4 is 0 Å². The van der Waals surface area contributed by atoms with Gasteiger partial charge < -0.3 is 10.1 Å². The molecule has 1 aromatic rings. The van der Waals surface area contributed by atoms with Gasteiger partial charge in [-0.1, -0.05) is 13.3 Å². The predicted molar refractivity (Wildman–Crippen MR) is 85.5 cm³/mol. The van der Waals surface area contributed by atoms with Gasteiger partial charge in [0.2, 0.25) is 0 Å². The Labute approximate surface area is 128 Å². The van der Waals surface area contributed by atoms with Crippen LogP contribution in [0.25, 0.3) is 0 Å². The van der Waals surface area contributed by atoms with Crippen molar-refractivity contribution in [3.05, 3.63) is 22.8 Å². The summed E-state index contributed by atoms with van der Waals surface area (Å²) in [5.41, 5.74) is 3.53. The van der Waals surface area contributed by atoms with Crippen molar-refractivity contribution in [1.82, 2.24) is 15.3 Å². The average molecular weight is 291 g/mol. The Balaban J connectivity index is 1.97. The van der Waals surface area contributed by atoms with Gasteiger partial charge in [0.05, 0.1) is 0 Å². The zero-order valence-corrected chi connectivity index (χ0v) is 13.9. The van der Waals surface area contributed by atoms with E-state index in [0.29, 0.717) is 0 Å². The molecule has 21 heavy (non-hydrogen) atoms. The Morgan fingerprint density at radius 3 is 2.43 bits per heavy atom. The standard InChI is InChI=1S/C17H29N3O/c1-5-7-16(21-4)17-19-12(2)15(13(3)20-17)8-6-11-18-14-9-10-14/h14,16,18H,5-11H2,1-4H3. The maximum atomic E-state index is 5.52. The monoisotopic (exact) mass is 291 g/mol. The highest BCUT2D eigenvalue weighted by molar-refractivity contribution is 5.25. The molecule has 4 heteroatoms. The van der Waals surface area contributed by atoms with Crippen LogP contribution in [0.1, 0.15) is 67.9 Å². The lowest BCUT2D eigenvalue weighted by Gasteiger charge is -2.16. The molecular formula is C17H29N3O. The van der Waals surface area contributed by atoms with Crippen LogP contribution in [0.15, 0.2) is 0 Å². The highest BCUT2D eigenvalue weighted by atomic mass is 16.5. The second-order valence-corrected chi connectivity index (χ2v) is 6.08. The summed E-state index contributed by atoms with van der Waals surface area (Å²) < 4.78 is 5.52. The molecular weight excluding hydrogens is 262 g/mol. The molecule has 1 heterocycles. The van der Waals surface area contributed by atoms with E-state index in [4.69, 9.17) is 14.7 Å². The van der Waals surface area contributed by atoms with E-state index in [2.05, 4.69) is 26.1 Å². The number of methoxy groups -OCH3 is 1. The summed E-state index contributed by atoms with van der Waals surface area (Å²) in [5, 5.41) is 3.56. The zero-order valence-electron chi connectivity index (χ0n) is 13.9. The van der Waals surface area contributed by atoms with Crippen LogP contribution in [0.5, 0.6) is 0 Å². The van der Waals surface area contributed by atoms with Crippen LogP contribution in [0.2, 0.25) is 0 Å². The Hall–Kier alpha value is -1.00. The van der Waals surface area contributed by atoms with Gasteiger partial charge in [0.15, 0.2) is 5.82 Å². The van der Waals surface area contributed by atoms with Crippen LogP contribution >= 0.6 is 0 Å². The number of nitrogens with zero attached hydrogens (tertiary/aromatic N) is 2. The lowest BCUT2D eigenvalue weighted by atomic mass is 10.1. The summed E-state index contributed by atoms with van der Waals surface area (Å²) in [5.74, 6) is 0.842. The van der Waals surface area contributed by atoms with Crippen LogP contribution < -0.4 is 5.32 Å². The fourth-order valence-electron chi connectivity index (χ4n) is 2.74. The summed E-state index contributed by atoms with van der Waals surface area (Å²) >= 11 is 0. The second-order valence-electron chi connectivity index (χ2n) is 6.08. The molecule has 1 aliphatic rings. The number of hydrogen-bond donors (Lipinski definition) is 1. The van der Waals surface area contributed by atoms with Gasteiger partial charge in [-0.25, -0.2) is 9.97 Å². The summed E-state index contributed by atoms with van der Waals surface area (Å²) in [6.45, 7) is 7.45. The number of ether oxygens (including phenoxy) is 1. The molecule has 1 fully saturated rings. The maximum Gasteiger partial charge on any atom is 0.157 e. The second kappa shape index (κ2) is 7.85. The van der Waals surface area contributed by atoms with E-state index in [1.54, 1.807) is 7.11 Å². The first kappa shape index (κ1) is 16.4. The molecule has 0 spiro atoms. The van der Waals surface area contributed by atoms with Gasteiger partial charge in [0, 0.05) is 24.5 Å². The minimum absolute atomic E-state index is 0.0259. The van der Waals surface area contributed by atoms with Crippen LogP contribution in [0.4, 0.5) is 0 Å². The topological polar surface area (TPSA) is 47.0 Å². The zero-order chi connectivity index (χ0) is 15.2. The first-order valence-corrected chi connectivity index (χ1v) is 8.25. The molecule has 1 atom stereocenters. The van der Waals surface area contributed by atoms with Crippen LogP contribution in [-0.2, 0) is 11.2 Å². The van der Waals surface area contributed by atoms with Crippen LogP contribution in [0.3, 0.4) is 0 Å². The van der Waals surface area contributed by atoms with Gasteiger partial charge in [0.25, 0.3) is 0 Å². The quantitative estimate of drug-likeness (QED) is 0.709. The lowest BCUT2D eigenvalue weighted by Crippen LogP contribution is -2.18. The molecule has 4 nitrogen and oxygen atoms in total. The first-order valence-electron chi connectivity index (χ1n) is 8.25. The number of hydrogen-bond acceptors (Lipinski definition) is 4. The molecule has 2 rings (SSSR count). The molecule has 118 valence electrons. The van der Waals surface area contributed by atoms with Crippen molar-refractivity contribution in [3.8, 4) is 0 Å². The Kier molecular flexibility index (Phi) is 6.12. The van der Waals surface area contributed by atoms with E-state index < -0.39 is 0 Å². The molecule has 1 unspecified atom stereocenters. The highest BCUT2D eigenvalue weighted by Crippen LogP contribution is 2.22. The van der Waals surface area contributed by atoms with Gasteiger partial charge in [-0.2, -0.15) is 0 Å². The van der Waals surface area contributed by atoms with Crippen molar-refractivity contribution in [2.24, 2.45) is 0 Å². The number of aryl methyl sites for hydroxylation is 2. The molecule has 0 aromatic carbocycles. The summed E-state index contributed by atoms with van der Waals surface area (Å²) in [4.78, 5) is 9.39. The van der Waals surface area contributed by atoms with E-state index in [9.17, 15) is 0 Å². The fourth-order valence-corrected chi connectivity index (χ4v) is 2.74. The smallest absolute Gasteiger partial charge is 0.157 e. The number of nitrogens with one attached hydrogen (secondary N) is 1. The van der Waals surface area contributed by atoms with Crippen LogP contribution in [0, 0.1) is 13.8 Å². The predicted octanol–water partition coefficient (Wildman–Crippen LogP) is 3.27. The van der Waals surface area contributed by atoms with Crippen LogP contribution in [-0.4, -0.2) is 29.7 Å². The van der Waals surface area contributed by atoms with E-state index in [1.165, 1.54) is 18.4 Å². The minimum Gasteiger partial charge on any atom is -0.373 e. The number of aromatic nitrogens is 2. The third-order valence-corrected chi connectivity index (χ3v) is 4.18. The average Bonchev–Trinajstić information content (AvgIpc) is 3.27. The van der Waals surface area contributed by atoms with Crippen molar-refractivity contribution in [3.63, 3.8) is 0 Å². The Morgan fingerprint density at radius 1 is 1.24 bits per heavy atom. The first-order chi connectivity index (χ1) is 10.2. The third-order valence-electron chi connectivity index (χ3n) is 4.18. The Morgan fingerprint density at radius 2 is 1.90 bits per heavy atom. The third kappa shape index (κ3) is 4.75. The molecule has 1 saturated carbocycles. The van der Waals surface area contributed by atoms with Gasteiger partial charge in [-0.3, -0.25) is 0 Å². The minimum atomic E-state index is 0.0259. The maximum absolute atomic E-state index is 5.52. The largest absolute Gasteiger partial charge is 0.373 e. The van der Waals surface area contributed by atoms with E-state index >= 15 is 0 Å². The highest BCUT2D eigenvalue weighted by Gasteiger charge is 2.20. The lowest BCUT2D eigenvalue weighted by molar-refractivity contribution is 0.0872. The van der Waals surface area contributed by atoms with E-state index in [-0.39, 0.29) is 6.10 Å². The molecule has 1 N–H and O–H groups in total. The van der Waals surface area contributed by atoms with E-state index in [1.807, 2.05) is 0 Å². The number of rotatable bonds is 9. The molecule has 0 aliphatic heterocycles. The molecule has 0 amide bonds.